The third-order valence-electron chi connectivity index (χ3n) is 3.03. The molecule has 10 heteroatoms. The Balaban J connectivity index is 2.62. The van der Waals surface area contributed by atoms with Crippen molar-refractivity contribution >= 4 is 11.8 Å². The molecule has 0 fully saturated rings. The van der Waals surface area contributed by atoms with Crippen LogP contribution in [0.15, 0.2) is 48.5 Å². The fourth-order valence-corrected chi connectivity index (χ4v) is 2.11. The molecule has 0 amide bonds. The highest BCUT2D eigenvalue weighted by molar-refractivity contribution is 5.61. The average Bonchev–Trinajstić information content (AvgIpc) is 2.52. The molecular weight excluding hydrogens is 347 g/mol. The molecule has 0 aliphatic heterocycles. The molecule has 25 heavy (non-hydrogen) atoms. The van der Waals surface area contributed by atoms with Crippen molar-refractivity contribution in [3.8, 4) is 5.75 Å². The minimum absolute atomic E-state index is 0.0106. The Labute approximate surface area is 138 Å². The lowest BCUT2D eigenvalue weighted by Crippen LogP contribution is -2.27. The van der Waals surface area contributed by atoms with Crippen LogP contribution in [0.5, 0.6) is 5.75 Å². The molecule has 0 saturated heterocycles. The Morgan fingerprint density at radius 2 is 1.76 bits per heavy atom. The van der Waals surface area contributed by atoms with Crippen LogP contribution in [0, 0.1) is 10.1 Å². The molecule has 0 aromatic heterocycles. The van der Waals surface area contributed by atoms with Crippen LogP contribution >= 0.6 is 0 Å². The van der Waals surface area contributed by atoms with Crippen LogP contribution in [-0.4, -0.2) is 17.4 Å². The zero-order valence-corrected chi connectivity index (χ0v) is 12.2. The Morgan fingerprint density at radius 1 is 1.12 bits per heavy atom. The van der Waals surface area contributed by atoms with Crippen molar-refractivity contribution in [3.63, 3.8) is 0 Å². The predicted molar refractivity (Wildman–Crippen MR) is 74.5 cm³/mol. The second-order valence-corrected chi connectivity index (χ2v) is 4.69. The monoisotopic (exact) mass is 356 g/mol. The number of ether oxygens (including phenoxy) is 2. The largest absolute Gasteiger partial charge is 0.523 e. The Bertz CT molecular complexity index is 779. The van der Waals surface area contributed by atoms with Crippen LogP contribution in [0.4, 0.5) is 23.7 Å². The highest BCUT2D eigenvalue weighted by atomic mass is 19.4. The van der Waals surface area contributed by atoms with E-state index < -0.39 is 40.5 Å². The second kappa shape index (κ2) is 7.18. The number of nitro benzene ring substituents is 1. The number of alkyl halides is 3. The first kappa shape index (κ1) is 18.2. The van der Waals surface area contributed by atoms with E-state index in [1.54, 1.807) is 6.07 Å². The smallest absolute Gasteiger partial charge is 0.514 e. The van der Waals surface area contributed by atoms with E-state index in [2.05, 4.69) is 9.47 Å². The van der Waals surface area contributed by atoms with E-state index in [9.17, 15) is 33.2 Å². The zero-order valence-electron chi connectivity index (χ0n) is 12.2. The average molecular weight is 356 g/mol. The summed E-state index contributed by atoms with van der Waals surface area (Å²) in [5, 5.41) is 21.6. The van der Waals surface area contributed by atoms with E-state index in [-0.39, 0.29) is 5.56 Å². The van der Waals surface area contributed by atoms with Crippen LogP contribution in [-0.2, 0) is 4.74 Å². The highest BCUT2D eigenvalue weighted by Crippen LogP contribution is 2.39. The molecule has 0 bridgehead atoms. The predicted octanol–water partition coefficient (Wildman–Crippen LogP) is 2.94. The Hall–Kier alpha value is -3.14. The maximum absolute atomic E-state index is 12.8. The zero-order chi connectivity index (χ0) is 18.6. The first-order valence-corrected chi connectivity index (χ1v) is 6.64. The molecule has 0 aliphatic rings. The van der Waals surface area contributed by atoms with Crippen molar-refractivity contribution in [2.24, 2.45) is 0 Å². The number of benzene rings is 2. The molecule has 7 nitrogen and oxygen atoms in total. The first-order valence-electron chi connectivity index (χ1n) is 6.64. The number of hydrogen-bond donors (Lipinski definition) is 0. The Kier molecular flexibility index (Phi) is 5.22. The molecule has 1 unspecified atom stereocenters. The lowest BCUT2D eigenvalue weighted by molar-refractivity contribution is -0.385. The van der Waals surface area contributed by atoms with Gasteiger partial charge >= 0.3 is 6.36 Å². The van der Waals surface area contributed by atoms with Gasteiger partial charge in [-0.1, -0.05) is 30.3 Å². The minimum atomic E-state index is -5.09. The number of carbonyl (C=O) groups excluding carboxylic acids is 1. The van der Waals surface area contributed by atoms with Crippen molar-refractivity contribution < 1.29 is 37.5 Å². The highest BCUT2D eigenvalue weighted by Gasteiger charge is 2.36. The number of nitro groups is 1. The topological polar surface area (TPSA) is 102 Å². The van der Waals surface area contributed by atoms with Crippen molar-refractivity contribution in [2.45, 2.75) is 12.5 Å². The fourth-order valence-electron chi connectivity index (χ4n) is 2.11. The van der Waals surface area contributed by atoms with Gasteiger partial charge in [0, 0.05) is 17.7 Å². The third-order valence-corrected chi connectivity index (χ3v) is 3.03. The van der Waals surface area contributed by atoms with E-state index in [0.717, 1.165) is 18.2 Å². The number of carbonyl (C=O) groups is 1. The third kappa shape index (κ3) is 4.91. The van der Waals surface area contributed by atoms with Gasteiger partial charge < -0.3 is 14.6 Å². The van der Waals surface area contributed by atoms with Gasteiger partial charge in [-0.2, -0.15) is 0 Å². The summed E-state index contributed by atoms with van der Waals surface area (Å²) in [4.78, 5) is 20.7. The van der Waals surface area contributed by atoms with Crippen molar-refractivity contribution in [1.82, 2.24) is 0 Å². The van der Waals surface area contributed by atoms with Gasteiger partial charge in [0.25, 0.3) is 11.8 Å². The summed E-state index contributed by atoms with van der Waals surface area (Å²) in [7, 11) is 0. The fraction of sp³-hybridized carbons (Fsp3) is 0.133. The van der Waals surface area contributed by atoms with E-state index >= 15 is 0 Å². The number of nitrogens with zero attached hydrogens (tertiary/aromatic N) is 1. The standard InChI is InChI=1S/C15H10F3NO6/c16-15(17,18)25-13(9-4-2-1-3-5-9)11-8-10(19(22)23)6-7-12(11)24-14(20)21/h1-8,13H,(H,20,21)/p-1. The normalized spacial score (nSPS) is 12.4. The molecule has 0 aliphatic carbocycles. The van der Waals surface area contributed by atoms with Crippen molar-refractivity contribution in [3.05, 3.63) is 69.8 Å². The van der Waals surface area contributed by atoms with Crippen LogP contribution in [0.1, 0.15) is 17.2 Å². The molecule has 132 valence electrons. The molecule has 2 rings (SSSR count). The van der Waals surface area contributed by atoms with Gasteiger partial charge in [0.1, 0.15) is 6.10 Å². The molecule has 0 radical (unpaired) electrons. The maximum atomic E-state index is 12.8. The molecule has 0 heterocycles. The van der Waals surface area contributed by atoms with Crippen LogP contribution < -0.4 is 9.84 Å². The van der Waals surface area contributed by atoms with Gasteiger partial charge in [0.15, 0.2) is 0 Å². The summed E-state index contributed by atoms with van der Waals surface area (Å²) in [5.41, 5.74) is -1.06. The van der Waals surface area contributed by atoms with Crippen molar-refractivity contribution in [2.75, 3.05) is 0 Å². The van der Waals surface area contributed by atoms with Gasteiger partial charge in [-0.05, 0) is 11.6 Å². The SMILES string of the molecule is O=C([O-])Oc1ccc([N+](=O)[O-])cc1C(OC(F)(F)F)c1ccccc1. The number of hydrogen-bond acceptors (Lipinski definition) is 6. The maximum Gasteiger partial charge on any atom is 0.523 e. The van der Waals surface area contributed by atoms with E-state index in [1.807, 2.05) is 0 Å². The van der Waals surface area contributed by atoms with Gasteiger partial charge in [-0.3, -0.25) is 14.9 Å². The molecule has 2 aromatic carbocycles. The lowest BCUT2D eigenvalue weighted by Gasteiger charge is -2.23. The quantitative estimate of drug-likeness (QED) is 0.353. The van der Waals surface area contributed by atoms with E-state index in [4.69, 9.17) is 0 Å². The molecule has 0 N–H and O–H groups in total. The number of rotatable bonds is 5. The lowest BCUT2D eigenvalue weighted by atomic mass is 10.00. The summed E-state index contributed by atoms with van der Waals surface area (Å²) >= 11 is 0. The molecular formula is C15H9F3NO6-. The molecule has 0 spiro atoms. The summed E-state index contributed by atoms with van der Waals surface area (Å²) in [6.07, 6.45) is -9.01. The van der Waals surface area contributed by atoms with Crippen molar-refractivity contribution in [1.29, 1.82) is 0 Å². The summed E-state index contributed by atoms with van der Waals surface area (Å²) in [5.74, 6) is -0.566. The second-order valence-electron chi connectivity index (χ2n) is 4.69. The summed E-state index contributed by atoms with van der Waals surface area (Å²) in [6, 6.07) is 9.48. The Morgan fingerprint density at radius 3 is 2.28 bits per heavy atom. The van der Waals surface area contributed by atoms with Crippen LogP contribution in [0.3, 0.4) is 0 Å². The van der Waals surface area contributed by atoms with Gasteiger partial charge in [0.2, 0.25) is 0 Å². The van der Waals surface area contributed by atoms with E-state index in [1.165, 1.54) is 24.3 Å². The summed E-state index contributed by atoms with van der Waals surface area (Å²) in [6.45, 7) is 0. The van der Waals surface area contributed by atoms with Gasteiger partial charge in [-0.15, -0.1) is 13.2 Å². The molecule has 1 atom stereocenters. The number of halogens is 3. The van der Waals surface area contributed by atoms with Crippen LogP contribution in [0.2, 0.25) is 0 Å². The first-order chi connectivity index (χ1) is 11.7. The van der Waals surface area contributed by atoms with Gasteiger partial charge in [0.05, 0.1) is 10.7 Å². The van der Waals surface area contributed by atoms with E-state index in [0.29, 0.717) is 0 Å². The number of carboxylic acid groups (broad SMARTS) is 1. The summed E-state index contributed by atoms with van der Waals surface area (Å²) < 4.78 is 46.8. The molecule has 2 aromatic rings. The number of non-ortho nitro benzene ring substituents is 1. The van der Waals surface area contributed by atoms with Gasteiger partial charge in [-0.25, -0.2) is 0 Å². The molecule has 0 saturated carbocycles. The minimum Gasteiger partial charge on any atom is -0.514 e. The van der Waals surface area contributed by atoms with Crippen LogP contribution in [0.25, 0.3) is 0 Å².